The van der Waals surface area contributed by atoms with Gasteiger partial charge in [0, 0.05) is 44.9 Å². The quantitative estimate of drug-likeness (QED) is 0.716. The van der Waals surface area contributed by atoms with Gasteiger partial charge >= 0.3 is 12.1 Å². The van der Waals surface area contributed by atoms with Gasteiger partial charge in [0.15, 0.2) is 0 Å². The smallest absolute Gasteiger partial charge is 0.475 e. The first kappa shape index (κ1) is 24.0. The fourth-order valence-electron chi connectivity index (χ4n) is 4.30. The SMILES string of the molecule is O=C(O)C(F)(F)F.c1ccc(C[C@H]2CN(C3CCOCC3)CC[C@@H]2OCC2CC2)cc1. The Morgan fingerprint density at radius 2 is 1.74 bits per heavy atom. The minimum Gasteiger partial charge on any atom is -0.475 e. The summed E-state index contributed by atoms with van der Waals surface area (Å²) in [6.45, 7) is 5.26. The molecular weight excluding hydrogens is 411 g/mol. The Balaban J connectivity index is 0.000000339. The number of nitrogens with zero attached hydrogens (tertiary/aromatic N) is 1. The largest absolute Gasteiger partial charge is 0.490 e. The second-order valence-electron chi connectivity index (χ2n) is 8.70. The summed E-state index contributed by atoms with van der Waals surface area (Å²) >= 11 is 0. The van der Waals surface area contributed by atoms with Crippen molar-refractivity contribution in [2.75, 3.05) is 32.9 Å². The van der Waals surface area contributed by atoms with Gasteiger partial charge in [0.2, 0.25) is 0 Å². The van der Waals surface area contributed by atoms with E-state index in [-0.39, 0.29) is 0 Å². The summed E-state index contributed by atoms with van der Waals surface area (Å²) in [6, 6.07) is 11.7. The number of carboxylic acids is 1. The first-order valence-electron chi connectivity index (χ1n) is 11.1. The summed E-state index contributed by atoms with van der Waals surface area (Å²) < 4.78 is 43.7. The maximum absolute atomic E-state index is 10.6. The van der Waals surface area contributed by atoms with Gasteiger partial charge in [-0.3, -0.25) is 4.90 Å². The third kappa shape index (κ3) is 8.09. The Bertz CT molecular complexity index is 675. The Kier molecular flexibility index (Phi) is 8.75. The van der Waals surface area contributed by atoms with Crippen molar-refractivity contribution in [2.45, 2.75) is 56.8 Å². The molecule has 1 N–H and O–H groups in total. The number of hydrogen-bond donors (Lipinski definition) is 1. The van der Waals surface area contributed by atoms with Gasteiger partial charge in [-0.15, -0.1) is 0 Å². The van der Waals surface area contributed by atoms with Crippen LogP contribution in [0, 0.1) is 11.8 Å². The highest BCUT2D eigenvalue weighted by atomic mass is 19.4. The van der Waals surface area contributed by atoms with Gasteiger partial charge in [0.05, 0.1) is 6.10 Å². The van der Waals surface area contributed by atoms with Crippen molar-refractivity contribution >= 4 is 5.97 Å². The van der Waals surface area contributed by atoms with E-state index in [4.69, 9.17) is 19.4 Å². The molecule has 0 bridgehead atoms. The molecule has 2 atom stereocenters. The molecule has 5 nitrogen and oxygen atoms in total. The fraction of sp³-hybridized carbons (Fsp3) is 0.696. The molecule has 4 rings (SSSR count). The van der Waals surface area contributed by atoms with Crippen LogP contribution in [0.25, 0.3) is 0 Å². The molecule has 2 saturated heterocycles. The van der Waals surface area contributed by atoms with Crippen LogP contribution in [0.2, 0.25) is 0 Å². The molecule has 1 saturated carbocycles. The molecular formula is C23H32F3NO4. The van der Waals surface area contributed by atoms with Crippen molar-refractivity contribution in [3.8, 4) is 0 Å². The Morgan fingerprint density at radius 3 is 2.32 bits per heavy atom. The number of ether oxygens (including phenoxy) is 2. The molecule has 174 valence electrons. The fourth-order valence-corrected chi connectivity index (χ4v) is 4.30. The minimum atomic E-state index is -5.08. The molecule has 3 aliphatic rings. The average Bonchev–Trinajstić information content (AvgIpc) is 3.58. The van der Waals surface area contributed by atoms with E-state index in [9.17, 15) is 13.2 Å². The van der Waals surface area contributed by atoms with E-state index in [1.165, 1.54) is 50.8 Å². The molecule has 0 amide bonds. The number of carbonyl (C=O) groups is 1. The Labute approximate surface area is 181 Å². The van der Waals surface area contributed by atoms with Crippen LogP contribution in [0.4, 0.5) is 13.2 Å². The normalized spacial score (nSPS) is 25.5. The highest BCUT2D eigenvalue weighted by molar-refractivity contribution is 5.73. The molecule has 2 heterocycles. The molecule has 1 aromatic carbocycles. The molecule has 0 unspecified atom stereocenters. The van der Waals surface area contributed by atoms with Crippen molar-refractivity contribution in [2.24, 2.45) is 11.8 Å². The van der Waals surface area contributed by atoms with Crippen LogP contribution in [-0.4, -0.2) is 67.2 Å². The van der Waals surface area contributed by atoms with E-state index >= 15 is 0 Å². The number of rotatable bonds is 6. The van der Waals surface area contributed by atoms with Gasteiger partial charge in [-0.25, -0.2) is 4.79 Å². The summed E-state index contributed by atoms with van der Waals surface area (Å²) in [7, 11) is 0. The van der Waals surface area contributed by atoms with Gasteiger partial charge in [-0.1, -0.05) is 30.3 Å². The lowest BCUT2D eigenvalue weighted by atomic mass is 9.87. The lowest BCUT2D eigenvalue weighted by molar-refractivity contribution is -0.192. The summed E-state index contributed by atoms with van der Waals surface area (Å²) in [5.41, 5.74) is 1.45. The van der Waals surface area contributed by atoms with E-state index < -0.39 is 12.1 Å². The molecule has 3 fully saturated rings. The number of benzene rings is 1. The predicted molar refractivity (Wildman–Crippen MR) is 110 cm³/mol. The third-order valence-corrected chi connectivity index (χ3v) is 6.23. The summed E-state index contributed by atoms with van der Waals surface area (Å²) in [4.78, 5) is 11.6. The van der Waals surface area contributed by atoms with Crippen LogP contribution in [0.1, 0.15) is 37.7 Å². The number of carboxylic acid groups (broad SMARTS) is 1. The highest BCUT2D eigenvalue weighted by Gasteiger charge is 2.38. The maximum atomic E-state index is 10.6. The van der Waals surface area contributed by atoms with Gasteiger partial charge in [-0.2, -0.15) is 13.2 Å². The summed E-state index contributed by atoms with van der Waals surface area (Å²) in [5.74, 6) is -1.27. The summed E-state index contributed by atoms with van der Waals surface area (Å²) in [6.07, 6.45) is 2.87. The molecule has 0 spiro atoms. The van der Waals surface area contributed by atoms with Crippen molar-refractivity contribution in [1.29, 1.82) is 0 Å². The first-order chi connectivity index (χ1) is 14.8. The van der Waals surface area contributed by atoms with Gasteiger partial charge in [-0.05, 0) is 50.0 Å². The zero-order valence-electron chi connectivity index (χ0n) is 17.7. The topological polar surface area (TPSA) is 59.0 Å². The van der Waals surface area contributed by atoms with Crippen LogP contribution in [0.3, 0.4) is 0 Å². The van der Waals surface area contributed by atoms with E-state index in [1.807, 2.05) is 0 Å². The monoisotopic (exact) mass is 443 g/mol. The lowest BCUT2D eigenvalue weighted by Gasteiger charge is -2.43. The standard InChI is InChI=1S/C21H31NO2.C2HF3O2/c1-2-4-17(5-3-1)14-19-15-22(20-9-12-23-13-10-20)11-8-21(19)24-16-18-6-7-18;3-2(4,5)1(6)7/h1-5,18-21H,6-16H2;(H,6,7)/t19-,21-;/m0./s1. The number of piperidine rings is 1. The molecule has 0 aromatic heterocycles. The van der Waals surface area contributed by atoms with Crippen molar-refractivity contribution in [1.82, 2.24) is 4.90 Å². The van der Waals surface area contributed by atoms with Crippen molar-refractivity contribution in [3.63, 3.8) is 0 Å². The predicted octanol–water partition coefficient (Wildman–Crippen LogP) is 4.16. The number of halogens is 3. The number of aliphatic carboxylic acids is 1. The lowest BCUT2D eigenvalue weighted by Crippen LogP contribution is -2.50. The van der Waals surface area contributed by atoms with Crippen LogP contribution < -0.4 is 0 Å². The zero-order valence-corrected chi connectivity index (χ0v) is 17.7. The van der Waals surface area contributed by atoms with E-state index in [1.54, 1.807) is 0 Å². The maximum Gasteiger partial charge on any atom is 0.490 e. The van der Waals surface area contributed by atoms with Gasteiger partial charge < -0.3 is 14.6 Å². The molecule has 1 aliphatic carbocycles. The third-order valence-electron chi connectivity index (χ3n) is 6.23. The minimum absolute atomic E-state index is 0.446. The number of hydrogen-bond acceptors (Lipinski definition) is 4. The summed E-state index contributed by atoms with van der Waals surface area (Å²) in [5, 5.41) is 7.12. The Hall–Kier alpha value is -1.64. The first-order valence-corrected chi connectivity index (χ1v) is 11.1. The van der Waals surface area contributed by atoms with E-state index in [0.29, 0.717) is 12.0 Å². The van der Waals surface area contributed by atoms with Gasteiger partial charge in [0.25, 0.3) is 0 Å². The van der Waals surface area contributed by atoms with Gasteiger partial charge in [0.1, 0.15) is 0 Å². The number of likely N-dealkylation sites (tertiary alicyclic amines) is 1. The zero-order chi connectivity index (χ0) is 22.3. The van der Waals surface area contributed by atoms with Crippen LogP contribution in [0.15, 0.2) is 30.3 Å². The molecule has 2 aliphatic heterocycles. The van der Waals surface area contributed by atoms with E-state index in [0.717, 1.165) is 38.2 Å². The Morgan fingerprint density at radius 1 is 1.10 bits per heavy atom. The molecule has 1 aromatic rings. The molecule has 8 heteroatoms. The van der Waals surface area contributed by atoms with Crippen LogP contribution in [-0.2, 0) is 20.7 Å². The van der Waals surface area contributed by atoms with Crippen LogP contribution >= 0.6 is 0 Å². The van der Waals surface area contributed by atoms with Crippen molar-refractivity contribution in [3.05, 3.63) is 35.9 Å². The highest BCUT2D eigenvalue weighted by Crippen LogP contribution is 2.32. The van der Waals surface area contributed by atoms with Crippen LogP contribution in [0.5, 0.6) is 0 Å². The van der Waals surface area contributed by atoms with Crippen molar-refractivity contribution < 1.29 is 32.5 Å². The average molecular weight is 444 g/mol. The van der Waals surface area contributed by atoms with E-state index in [2.05, 4.69) is 35.2 Å². The molecule has 0 radical (unpaired) electrons. The number of alkyl halides is 3. The molecule has 31 heavy (non-hydrogen) atoms. The second-order valence-corrected chi connectivity index (χ2v) is 8.70. The second kappa shape index (κ2) is 11.3.